The molecule has 1 saturated heterocycles. The molecule has 0 aromatic heterocycles. The first-order valence-corrected chi connectivity index (χ1v) is 11.1. The smallest absolute Gasteiger partial charge is 0.416 e. The molecule has 1 atom stereocenters. The molecule has 0 spiro atoms. The Kier molecular flexibility index (Phi) is 6.67. The van der Waals surface area contributed by atoms with Crippen molar-refractivity contribution in [2.75, 3.05) is 33.0 Å². The average molecular weight is 450 g/mol. The van der Waals surface area contributed by atoms with E-state index in [1.165, 1.54) is 17.7 Å². The molecule has 7 heteroatoms. The lowest BCUT2D eigenvalue weighted by molar-refractivity contribution is -0.137. The minimum Gasteiger partial charge on any atom is -0.454 e. The maximum Gasteiger partial charge on any atom is 0.416 e. The molecule has 174 valence electrons. The lowest BCUT2D eigenvalue weighted by Gasteiger charge is -2.41. The summed E-state index contributed by atoms with van der Waals surface area (Å²) in [6, 6.07) is 11.6. The number of aliphatic hydroxyl groups is 1. The van der Waals surface area contributed by atoms with Gasteiger partial charge < -0.3 is 19.5 Å². The number of fused-ring (bicyclic) bond motifs is 1. The normalized spacial score (nSPS) is 19.2. The fourth-order valence-corrected chi connectivity index (χ4v) is 4.87. The molecule has 2 heterocycles. The van der Waals surface area contributed by atoms with Gasteiger partial charge >= 0.3 is 6.18 Å². The lowest BCUT2D eigenvalue weighted by atomic mass is 9.74. The van der Waals surface area contributed by atoms with Crippen LogP contribution >= 0.6 is 0 Å². The van der Waals surface area contributed by atoms with Crippen molar-refractivity contribution in [1.29, 1.82) is 0 Å². The van der Waals surface area contributed by atoms with Crippen LogP contribution in [0.25, 0.3) is 0 Å². The molecule has 0 bridgehead atoms. The highest BCUT2D eigenvalue weighted by atomic mass is 19.4. The Hall–Kier alpha value is -2.25. The van der Waals surface area contributed by atoms with Gasteiger partial charge in [0, 0.05) is 13.2 Å². The van der Waals surface area contributed by atoms with Gasteiger partial charge in [0.25, 0.3) is 0 Å². The Morgan fingerprint density at radius 2 is 1.78 bits per heavy atom. The van der Waals surface area contributed by atoms with Gasteiger partial charge in [-0.05, 0) is 79.4 Å². The summed E-state index contributed by atoms with van der Waals surface area (Å²) in [5, 5.41) is 10.1. The average Bonchev–Trinajstić information content (AvgIpc) is 3.23. The number of aliphatic hydroxyl groups excluding tert-OH is 1. The van der Waals surface area contributed by atoms with Crippen molar-refractivity contribution in [3.05, 3.63) is 59.2 Å². The van der Waals surface area contributed by atoms with E-state index in [-0.39, 0.29) is 18.8 Å². The molecule has 2 aliphatic rings. The van der Waals surface area contributed by atoms with Gasteiger partial charge in [-0.15, -0.1) is 0 Å². The van der Waals surface area contributed by atoms with E-state index >= 15 is 0 Å². The van der Waals surface area contributed by atoms with Crippen molar-refractivity contribution in [3.63, 3.8) is 0 Å². The van der Waals surface area contributed by atoms with Gasteiger partial charge in [-0.25, -0.2) is 0 Å². The molecule has 1 N–H and O–H groups in total. The highest BCUT2D eigenvalue weighted by Gasteiger charge is 2.36. The van der Waals surface area contributed by atoms with Crippen LogP contribution in [0.1, 0.15) is 36.5 Å². The molecule has 2 aromatic carbocycles. The zero-order valence-electron chi connectivity index (χ0n) is 18.3. The largest absolute Gasteiger partial charge is 0.454 e. The fraction of sp³-hybridized carbons (Fsp3) is 0.520. The van der Waals surface area contributed by atoms with E-state index in [0.29, 0.717) is 17.9 Å². The number of ether oxygens (including phenoxy) is 2. The maximum absolute atomic E-state index is 13.0. The standard InChI is InChI=1S/C25H30F3NO3/c1-18(11-19-5-6-22-23(13-19)32-17-31-22)15-29-9-7-24(16-30,8-10-29)14-20-3-2-4-21(12-20)25(26,27)28/h2-6,12-13,18,30H,7-11,14-17H2,1H3. The van der Waals surface area contributed by atoms with Crippen molar-refractivity contribution in [2.24, 2.45) is 11.3 Å². The molecule has 0 radical (unpaired) electrons. The second-order valence-corrected chi connectivity index (χ2v) is 9.33. The first kappa shape index (κ1) is 22.9. The molecule has 4 rings (SSSR count). The summed E-state index contributed by atoms with van der Waals surface area (Å²) >= 11 is 0. The zero-order valence-corrected chi connectivity index (χ0v) is 18.3. The Balaban J connectivity index is 1.31. The van der Waals surface area contributed by atoms with Crippen LogP contribution in [0.15, 0.2) is 42.5 Å². The first-order chi connectivity index (χ1) is 15.3. The fourth-order valence-electron chi connectivity index (χ4n) is 4.87. The van der Waals surface area contributed by atoms with Crippen LogP contribution in [0.2, 0.25) is 0 Å². The third-order valence-corrected chi connectivity index (χ3v) is 6.68. The summed E-state index contributed by atoms with van der Waals surface area (Å²) in [5.74, 6) is 2.04. The highest BCUT2D eigenvalue weighted by molar-refractivity contribution is 5.44. The van der Waals surface area contributed by atoms with Crippen LogP contribution < -0.4 is 9.47 Å². The van der Waals surface area contributed by atoms with Gasteiger partial charge in [0.2, 0.25) is 6.79 Å². The number of halogens is 3. The second kappa shape index (κ2) is 9.32. The molecule has 2 aromatic rings. The topological polar surface area (TPSA) is 41.9 Å². The van der Waals surface area contributed by atoms with Crippen molar-refractivity contribution < 1.29 is 27.8 Å². The molecular formula is C25H30F3NO3. The van der Waals surface area contributed by atoms with E-state index in [0.717, 1.165) is 56.5 Å². The van der Waals surface area contributed by atoms with Crippen molar-refractivity contribution in [3.8, 4) is 11.5 Å². The summed E-state index contributed by atoms with van der Waals surface area (Å²) in [6.07, 6.45) is -1.40. The van der Waals surface area contributed by atoms with Crippen molar-refractivity contribution >= 4 is 0 Å². The molecular weight excluding hydrogens is 419 g/mol. The number of nitrogens with zero attached hydrogens (tertiary/aromatic N) is 1. The van der Waals surface area contributed by atoms with E-state index in [9.17, 15) is 18.3 Å². The molecule has 2 aliphatic heterocycles. The molecule has 1 unspecified atom stereocenters. The number of rotatable bonds is 7. The highest BCUT2D eigenvalue weighted by Crippen LogP contribution is 2.37. The van der Waals surface area contributed by atoms with E-state index in [1.807, 2.05) is 12.1 Å². The Bertz CT molecular complexity index is 923. The quantitative estimate of drug-likeness (QED) is 0.651. The zero-order chi connectivity index (χ0) is 22.8. The first-order valence-electron chi connectivity index (χ1n) is 11.1. The third kappa shape index (κ3) is 5.38. The molecule has 0 saturated carbocycles. The SMILES string of the molecule is CC(Cc1ccc2c(c1)OCO2)CN1CCC(CO)(Cc2cccc(C(F)(F)F)c2)CC1. The lowest BCUT2D eigenvalue weighted by Crippen LogP contribution is -2.44. The summed E-state index contributed by atoms with van der Waals surface area (Å²) in [6.45, 7) is 5.11. The molecule has 0 amide bonds. The van der Waals surface area contributed by atoms with Gasteiger partial charge in [-0.3, -0.25) is 0 Å². The molecule has 1 fully saturated rings. The predicted molar refractivity (Wildman–Crippen MR) is 116 cm³/mol. The van der Waals surface area contributed by atoms with E-state index in [1.54, 1.807) is 6.07 Å². The van der Waals surface area contributed by atoms with Gasteiger partial charge in [0.1, 0.15) is 0 Å². The monoisotopic (exact) mass is 449 g/mol. The van der Waals surface area contributed by atoms with Gasteiger partial charge in [-0.2, -0.15) is 13.2 Å². The maximum atomic E-state index is 13.0. The van der Waals surface area contributed by atoms with Crippen molar-refractivity contribution in [2.45, 2.75) is 38.8 Å². The van der Waals surface area contributed by atoms with Crippen LogP contribution in [0, 0.1) is 11.3 Å². The minimum absolute atomic E-state index is 0.0101. The number of alkyl halides is 3. The Morgan fingerprint density at radius 1 is 1.03 bits per heavy atom. The van der Waals surface area contributed by atoms with E-state index in [2.05, 4.69) is 17.9 Å². The summed E-state index contributed by atoms with van der Waals surface area (Å²) < 4.78 is 50.0. The van der Waals surface area contributed by atoms with Crippen LogP contribution in [-0.2, 0) is 19.0 Å². The summed E-state index contributed by atoms with van der Waals surface area (Å²) in [4.78, 5) is 2.40. The predicted octanol–water partition coefficient (Wildman–Crippen LogP) is 4.93. The van der Waals surface area contributed by atoms with E-state index < -0.39 is 11.7 Å². The van der Waals surface area contributed by atoms with Gasteiger partial charge in [0.05, 0.1) is 5.56 Å². The van der Waals surface area contributed by atoms with Crippen molar-refractivity contribution in [1.82, 2.24) is 4.90 Å². The van der Waals surface area contributed by atoms with Crippen LogP contribution in [0.4, 0.5) is 13.2 Å². The number of likely N-dealkylation sites (tertiary alicyclic amines) is 1. The third-order valence-electron chi connectivity index (χ3n) is 6.68. The molecule has 4 nitrogen and oxygen atoms in total. The van der Waals surface area contributed by atoms with Crippen LogP contribution in [0.5, 0.6) is 11.5 Å². The van der Waals surface area contributed by atoms with Crippen LogP contribution in [0.3, 0.4) is 0 Å². The molecule has 32 heavy (non-hydrogen) atoms. The minimum atomic E-state index is -4.35. The Labute approximate surface area is 186 Å². The second-order valence-electron chi connectivity index (χ2n) is 9.33. The number of hydrogen-bond donors (Lipinski definition) is 1. The van der Waals surface area contributed by atoms with E-state index in [4.69, 9.17) is 9.47 Å². The Morgan fingerprint density at radius 3 is 2.50 bits per heavy atom. The molecule has 0 aliphatic carbocycles. The van der Waals surface area contributed by atoms with Gasteiger partial charge in [0.15, 0.2) is 11.5 Å². The number of benzene rings is 2. The summed E-state index contributed by atoms with van der Waals surface area (Å²) in [5.41, 5.74) is 0.866. The van der Waals surface area contributed by atoms with Crippen LogP contribution in [-0.4, -0.2) is 43.0 Å². The number of hydrogen-bond acceptors (Lipinski definition) is 4. The van der Waals surface area contributed by atoms with Gasteiger partial charge in [-0.1, -0.05) is 31.2 Å². The summed E-state index contributed by atoms with van der Waals surface area (Å²) in [7, 11) is 0. The number of piperidine rings is 1.